The van der Waals surface area contributed by atoms with Gasteiger partial charge >= 0.3 is 0 Å². The topological polar surface area (TPSA) is 49.5 Å². The van der Waals surface area contributed by atoms with Crippen LogP contribution in [0.15, 0.2) is 0 Å². The fourth-order valence-electron chi connectivity index (χ4n) is 3.47. The van der Waals surface area contributed by atoms with Crippen molar-refractivity contribution in [2.45, 2.75) is 77.9 Å². The quantitative estimate of drug-likeness (QED) is 0.767. The van der Waals surface area contributed by atoms with E-state index < -0.39 is 0 Å². The van der Waals surface area contributed by atoms with E-state index in [9.17, 15) is 0 Å². The van der Waals surface area contributed by atoms with Crippen LogP contribution in [0.3, 0.4) is 0 Å². The molecule has 0 aliphatic carbocycles. The van der Waals surface area contributed by atoms with Crippen molar-refractivity contribution in [2.24, 2.45) is 11.1 Å². The molecule has 1 aliphatic heterocycles. The summed E-state index contributed by atoms with van der Waals surface area (Å²) in [7, 11) is 0. The Morgan fingerprint density at radius 1 is 1.39 bits per heavy atom. The van der Waals surface area contributed by atoms with Gasteiger partial charge in [-0.15, -0.1) is 0 Å². The Bertz CT molecular complexity index is 237. The molecule has 1 heterocycles. The zero-order valence-electron chi connectivity index (χ0n) is 12.7. The Kier molecular flexibility index (Phi) is 6.09. The Morgan fingerprint density at radius 2 is 2.06 bits per heavy atom. The average Bonchev–Trinajstić information content (AvgIpc) is 2.72. The monoisotopic (exact) mass is 256 g/mol. The van der Waals surface area contributed by atoms with Crippen LogP contribution in [0.5, 0.6) is 0 Å². The molecule has 1 fully saturated rings. The molecule has 3 heteroatoms. The standard InChI is InChI=1S/C15H32N2O/c1-5-13(16)14(15(2,3)4)17-10-6-8-12(17)9-7-11-18/h12-14,18H,5-11,16H2,1-4H3. The van der Waals surface area contributed by atoms with Gasteiger partial charge in [-0.3, -0.25) is 4.90 Å². The maximum Gasteiger partial charge on any atom is 0.0431 e. The summed E-state index contributed by atoms with van der Waals surface area (Å²) in [6.45, 7) is 10.6. The lowest BCUT2D eigenvalue weighted by Crippen LogP contribution is -2.56. The summed E-state index contributed by atoms with van der Waals surface area (Å²) in [6, 6.07) is 1.33. The smallest absolute Gasteiger partial charge is 0.0431 e. The normalized spacial score (nSPS) is 25.3. The number of hydrogen-bond donors (Lipinski definition) is 2. The first kappa shape index (κ1) is 15.9. The molecule has 0 amide bonds. The van der Waals surface area contributed by atoms with E-state index in [1.807, 2.05) is 0 Å². The van der Waals surface area contributed by atoms with Gasteiger partial charge in [-0.2, -0.15) is 0 Å². The van der Waals surface area contributed by atoms with Gasteiger partial charge in [0.2, 0.25) is 0 Å². The number of aliphatic hydroxyl groups is 1. The lowest BCUT2D eigenvalue weighted by Gasteiger charge is -2.44. The van der Waals surface area contributed by atoms with Crippen LogP contribution < -0.4 is 5.73 Å². The highest BCUT2D eigenvalue weighted by Gasteiger charge is 2.39. The van der Waals surface area contributed by atoms with Crippen LogP contribution in [0.2, 0.25) is 0 Å². The van der Waals surface area contributed by atoms with Gasteiger partial charge in [0.05, 0.1) is 0 Å². The van der Waals surface area contributed by atoms with E-state index in [-0.39, 0.29) is 11.5 Å². The molecule has 18 heavy (non-hydrogen) atoms. The van der Waals surface area contributed by atoms with Crippen LogP contribution in [0.4, 0.5) is 0 Å². The predicted molar refractivity (Wildman–Crippen MR) is 77.6 cm³/mol. The molecule has 0 aromatic carbocycles. The van der Waals surface area contributed by atoms with Gasteiger partial charge in [0.1, 0.15) is 0 Å². The first-order valence-electron chi connectivity index (χ1n) is 7.54. The summed E-state index contributed by atoms with van der Waals surface area (Å²) < 4.78 is 0. The van der Waals surface area contributed by atoms with Crippen molar-refractivity contribution in [1.82, 2.24) is 4.90 Å². The minimum absolute atomic E-state index is 0.219. The number of hydrogen-bond acceptors (Lipinski definition) is 3. The summed E-state index contributed by atoms with van der Waals surface area (Å²) >= 11 is 0. The molecule has 3 unspecified atom stereocenters. The molecule has 0 aromatic heterocycles. The van der Waals surface area contributed by atoms with Gasteiger partial charge in [-0.25, -0.2) is 0 Å². The van der Waals surface area contributed by atoms with Crippen LogP contribution in [-0.2, 0) is 0 Å². The molecule has 0 bridgehead atoms. The fourth-order valence-corrected chi connectivity index (χ4v) is 3.47. The van der Waals surface area contributed by atoms with E-state index in [0.29, 0.717) is 18.7 Å². The third-order valence-electron chi connectivity index (χ3n) is 4.24. The molecule has 0 spiro atoms. The van der Waals surface area contributed by atoms with Crippen LogP contribution >= 0.6 is 0 Å². The van der Waals surface area contributed by atoms with E-state index in [4.69, 9.17) is 10.8 Å². The second-order valence-corrected chi connectivity index (χ2v) is 6.78. The van der Waals surface area contributed by atoms with Crippen LogP contribution in [0.25, 0.3) is 0 Å². The molecule has 1 aliphatic rings. The van der Waals surface area contributed by atoms with Gasteiger partial charge in [0.15, 0.2) is 0 Å². The summed E-state index contributed by atoms with van der Waals surface area (Å²) in [5, 5.41) is 9.02. The highest BCUT2D eigenvalue weighted by atomic mass is 16.2. The Balaban J connectivity index is 2.77. The fraction of sp³-hybridized carbons (Fsp3) is 1.00. The SMILES string of the molecule is CCC(N)C(N1CCCC1CCCO)C(C)(C)C. The zero-order valence-corrected chi connectivity index (χ0v) is 12.7. The number of likely N-dealkylation sites (tertiary alicyclic amines) is 1. The summed E-state index contributed by atoms with van der Waals surface area (Å²) in [6.07, 6.45) is 5.60. The van der Waals surface area contributed by atoms with Crippen LogP contribution in [0.1, 0.15) is 59.8 Å². The molecule has 0 saturated carbocycles. The first-order valence-corrected chi connectivity index (χ1v) is 7.54. The third kappa shape index (κ3) is 3.94. The molecule has 3 N–H and O–H groups in total. The van der Waals surface area contributed by atoms with Crippen molar-refractivity contribution in [3.8, 4) is 0 Å². The van der Waals surface area contributed by atoms with E-state index in [0.717, 1.165) is 19.3 Å². The average molecular weight is 256 g/mol. The molecule has 108 valence electrons. The van der Waals surface area contributed by atoms with Crippen molar-refractivity contribution in [2.75, 3.05) is 13.2 Å². The largest absolute Gasteiger partial charge is 0.396 e. The zero-order chi connectivity index (χ0) is 13.8. The number of rotatable bonds is 6. The highest BCUT2D eigenvalue weighted by Crippen LogP contribution is 2.34. The number of nitrogens with zero attached hydrogens (tertiary/aromatic N) is 1. The summed E-state index contributed by atoms with van der Waals surface area (Å²) in [4.78, 5) is 2.63. The van der Waals surface area contributed by atoms with Crippen molar-refractivity contribution < 1.29 is 5.11 Å². The summed E-state index contributed by atoms with van der Waals surface area (Å²) in [5.74, 6) is 0. The van der Waals surface area contributed by atoms with E-state index in [1.165, 1.54) is 19.4 Å². The second kappa shape index (κ2) is 6.88. The minimum atomic E-state index is 0.219. The van der Waals surface area contributed by atoms with Gasteiger partial charge < -0.3 is 10.8 Å². The van der Waals surface area contributed by atoms with Crippen molar-refractivity contribution in [1.29, 1.82) is 0 Å². The third-order valence-corrected chi connectivity index (χ3v) is 4.24. The Hall–Kier alpha value is -0.120. The van der Waals surface area contributed by atoms with E-state index in [2.05, 4.69) is 32.6 Å². The molecule has 1 saturated heterocycles. The van der Waals surface area contributed by atoms with Crippen LogP contribution in [0, 0.1) is 5.41 Å². The van der Waals surface area contributed by atoms with E-state index >= 15 is 0 Å². The minimum Gasteiger partial charge on any atom is -0.396 e. The Morgan fingerprint density at radius 3 is 2.56 bits per heavy atom. The van der Waals surface area contributed by atoms with Gasteiger partial charge in [-0.05, 0) is 44.1 Å². The second-order valence-electron chi connectivity index (χ2n) is 6.78. The Labute approximate surface area is 113 Å². The predicted octanol–water partition coefficient (Wildman–Crippen LogP) is 2.38. The molecular formula is C15H32N2O. The molecule has 1 rings (SSSR count). The molecule has 0 radical (unpaired) electrons. The highest BCUT2D eigenvalue weighted by molar-refractivity contribution is 4.95. The lowest BCUT2D eigenvalue weighted by atomic mass is 9.80. The molecular weight excluding hydrogens is 224 g/mol. The van der Waals surface area contributed by atoms with Crippen LogP contribution in [-0.4, -0.2) is 41.3 Å². The van der Waals surface area contributed by atoms with Gasteiger partial charge in [-0.1, -0.05) is 27.7 Å². The molecule has 3 atom stereocenters. The maximum absolute atomic E-state index is 9.02. The van der Waals surface area contributed by atoms with Crippen molar-refractivity contribution >= 4 is 0 Å². The summed E-state index contributed by atoms with van der Waals surface area (Å²) in [5.41, 5.74) is 6.60. The number of aliphatic hydroxyl groups excluding tert-OH is 1. The van der Waals surface area contributed by atoms with Gasteiger partial charge in [0, 0.05) is 24.7 Å². The van der Waals surface area contributed by atoms with Crippen molar-refractivity contribution in [3.05, 3.63) is 0 Å². The lowest BCUT2D eigenvalue weighted by molar-refractivity contribution is 0.0600. The first-order chi connectivity index (χ1) is 8.41. The molecule has 0 aromatic rings. The number of nitrogens with two attached hydrogens (primary N) is 1. The van der Waals surface area contributed by atoms with Crippen molar-refractivity contribution in [3.63, 3.8) is 0 Å². The van der Waals surface area contributed by atoms with E-state index in [1.54, 1.807) is 0 Å². The van der Waals surface area contributed by atoms with Gasteiger partial charge in [0.25, 0.3) is 0 Å². The molecule has 3 nitrogen and oxygen atoms in total. The maximum atomic E-state index is 9.02.